The lowest BCUT2D eigenvalue weighted by atomic mass is 9.94. The number of aryl methyl sites for hydroxylation is 1. The molecule has 3 aromatic rings. The molecular weight excluding hydrogens is 554 g/mol. The lowest BCUT2D eigenvalue weighted by molar-refractivity contribution is -0.146. The third kappa shape index (κ3) is 8.73. The summed E-state index contributed by atoms with van der Waals surface area (Å²) in [6.07, 6.45) is -0.668. The highest BCUT2D eigenvalue weighted by Gasteiger charge is 2.42. The second-order valence-electron chi connectivity index (χ2n) is 12.2. The Morgan fingerprint density at radius 1 is 0.905 bits per heavy atom. The minimum Gasteiger partial charge on any atom is -0.508 e. The standard InChI is InChI=1S/C33H40ClN3O5/c1-21-12-11-15-25(34)27(21)36-29(39)28(23-13-9-8-10-14-23)37(32(2,3)4)30(40)26(35-31(41)42-33(5,6)7)20-22-16-18-24(38)19-17-22/h8-19,26,28,38H,20H2,1-7H3,(H,35,41)(H,36,39). The zero-order valence-corrected chi connectivity index (χ0v) is 26.0. The van der Waals surface area contributed by atoms with Gasteiger partial charge in [-0.2, -0.15) is 0 Å². The van der Waals surface area contributed by atoms with Crippen LogP contribution < -0.4 is 10.6 Å². The van der Waals surface area contributed by atoms with Crippen LogP contribution in [0.2, 0.25) is 5.02 Å². The molecule has 0 radical (unpaired) electrons. The van der Waals surface area contributed by atoms with Crippen LogP contribution in [0.5, 0.6) is 5.75 Å². The quantitative estimate of drug-likeness (QED) is 0.266. The number of carbonyl (C=O) groups is 3. The van der Waals surface area contributed by atoms with E-state index in [1.165, 1.54) is 17.0 Å². The zero-order valence-electron chi connectivity index (χ0n) is 25.2. The molecule has 0 saturated heterocycles. The van der Waals surface area contributed by atoms with Crippen molar-refractivity contribution in [3.05, 3.63) is 94.5 Å². The lowest BCUT2D eigenvalue weighted by Crippen LogP contribution is -2.58. The van der Waals surface area contributed by atoms with E-state index in [0.29, 0.717) is 21.8 Å². The maximum atomic E-state index is 14.6. The molecule has 3 rings (SSSR count). The van der Waals surface area contributed by atoms with Crippen molar-refractivity contribution in [2.45, 2.75) is 78.1 Å². The number of phenolic OH excluding ortho intramolecular Hbond substituents is 1. The van der Waals surface area contributed by atoms with Crippen LogP contribution in [-0.2, 0) is 20.7 Å². The fraction of sp³-hybridized carbons (Fsp3) is 0.364. The van der Waals surface area contributed by atoms with Gasteiger partial charge in [0.05, 0.1) is 10.7 Å². The summed E-state index contributed by atoms with van der Waals surface area (Å²) in [6.45, 7) is 12.5. The van der Waals surface area contributed by atoms with Gasteiger partial charge in [-0.05, 0) is 83.4 Å². The van der Waals surface area contributed by atoms with Crippen LogP contribution in [0.1, 0.15) is 64.3 Å². The fourth-order valence-electron chi connectivity index (χ4n) is 4.57. The van der Waals surface area contributed by atoms with Crippen molar-refractivity contribution >= 4 is 35.2 Å². The Hall–Kier alpha value is -4.04. The highest BCUT2D eigenvalue weighted by atomic mass is 35.5. The minimum absolute atomic E-state index is 0.0775. The summed E-state index contributed by atoms with van der Waals surface area (Å²) in [4.78, 5) is 43.1. The number of hydrogen-bond acceptors (Lipinski definition) is 5. The number of aromatic hydroxyl groups is 1. The molecule has 8 nitrogen and oxygen atoms in total. The maximum Gasteiger partial charge on any atom is 0.408 e. The number of carbonyl (C=O) groups excluding carboxylic acids is 3. The Morgan fingerprint density at radius 2 is 1.52 bits per heavy atom. The molecule has 0 spiro atoms. The van der Waals surface area contributed by atoms with E-state index in [1.54, 1.807) is 69.3 Å². The van der Waals surface area contributed by atoms with Crippen molar-refractivity contribution in [3.63, 3.8) is 0 Å². The van der Waals surface area contributed by atoms with Gasteiger partial charge < -0.3 is 25.4 Å². The summed E-state index contributed by atoms with van der Waals surface area (Å²) >= 11 is 6.44. The molecule has 42 heavy (non-hydrogen) atoms. The summed E-state index contributed by atoms with van der Waals surface area (Å²) < 4.78 is 5.48. The normalized spacial score (nSPS) is 13.0. The van der Waals surface area contributed by atoms with E-state index in [2.05, 4.69) is 10.6 Å². The molecule has 0 aliphatic rings. The molecule has 3 amide bonds. The monoisotopic (exact) mass is 593 g/mol. The van der Waals surface area contributed by atoms with E-state index in [0.717, 1.165) is 5.56 Å². The van der Waals surface area contributed by atoms with E-state index in [-0.39, 0.29) is 12.2 Å². The van der Waals surface area contributed by atoms with Gasteiger partial charge in [0, 0.05) is 12.0 Å². The van der Waals surface area contributed by atoms with Gasteiger partial charge in [0.2, 0.25) is 5.91 Å². The van der Waals surface area contributed by atoms with Crippen LogP contribution in [-0.4, -0.2) is 45.1 Å². The molecule has 2 unspecified atom stereocenters. The Labute approximate surface area is 253 Å². The molecule has 0 heterocycles. The lowest BCUT2D eigenvalue weighted by Gasteiger charge is -2.43. The van der Waals surface area contributed by atoms with Gasteiger partial charge in [0.25, 0.3) is 5.91 Å². The highest BCUT2D eigenvalue weighted by Crippen LogP contribution is 2.33. The molecule has 0 aliphatic heterocycles. The minimum atomic E-state index is -1.09. The van der Waals surface area contributed by atoms with Gasteiger partial charge in [-0.25, -0.2) is 4.79 Å². The molecular formula is C33H40ClN3O5. The average molecular weight is 594 g/mol. The van der Waals surface area contributed by atoms with Gasteiger partial charge in [-0.15, -0.1) is 0 Å². The topological polar surface area (TPSA) is 108 Å². The third-order valence-electron chi connectivity index (χ3n) is 6.42. The summed E-state index contributed by atoms with van der Waals surface area (Å²) in [5.41, 5.74) is 0.853. The van der Waals surface area contributed by atoms with Crippen molar-refractivity contribution in [1.29, 1.82) is 0 Å². The van der Waals surface area contributed by atoms with Crippen molar-refractivity contribution in [2.24, 2.45) is 0 Å². The van der Waals surface area contributed by atoms with Gasteiger partial charge in [0.1, 0.15) is 23.4 Å². The fourth-order valence-corrected chi connectivity index (χ4v) is 4.83. The van der Waals surface area contributed by atoms with Crippen molar-refractivity contribution in [3.8, 4) is 5.75 Å². The van der Waals surface area contributed by atoms with Crippen LogP contribution in [0.15, 0.2) is 72.8 Å². The van der Waals surface area contributed by atoms with Gasteiger partial charge >= 0.3 is 6.09 Å². The van der Waals surface area contributed by atoms with Crippen molar-refractivity contribution in [1.82, 2.24) is 10.2 Å². The molecule has 224 valence electrons. The number of phenols is 1. The number of alkyl carbamates (subject to hydrolysis) is 1. The number of hydrogen-bond donors (Lipinski definition) is 3. The molecule has 0 aromatic heterocycles. The van der Waals surface area contributed by atoms with E-state index < -0.39 is 41.1 Å². The Balaban J connectivity index is 2.10. The zero-order chi connectivity index (χ0) is 31.2. The predicted octanol–water partition coefficient (Wildman–Crippen LogP) is 6.80. The number of anilines is 1. The molecule has 2 atom stereocenters. The Kier molecular flexibility index (Phi) is 10.3. The molecule has 0 aliphatic carbocycles. The van der Waals surface area contributed by atoms with E-state index >= 15 is 0 Å². The van der Waals surface area contributed by atoms with Crippen molar-refractivity contribution in [2.75, 3.05) is 5.32 Å². The number of amides is 3. The Morgan fingerprint density at radius 3 is 2.07 bits per heavy atom. The van der Waals surface area contributed by atoms with E-state index in [1.807, 2.05) is 39.8 Å². The first-order chi connectivity index (χ1) is 19.6. The number of benzene rings is 3. The maximum absolute atomic E-state index is 14.6. The number of halogens is 1. The van der Waals surface area contributed by atoms with E-state index in [4.69, 9.17) is 16.3 Å². The predicted molar refractivity (Wildman–Crippen MR) is 166 cm³/mol. The van der Waals surface area contributed by atoms with Crippen LogP contribution in [0.25, 0.3) is 0 Å². The molecule has 0 bridgehead atoms. The summed E-state index contributed by atoms with van der Waals surface area (Å²) in [6, 6.07) is 18.5. The van der Waals surface area contributed by atoms with Crippen LogP contribution >= 0.6 is 11.6 Å². The highest BCUT2D eigenvalue weighted by molar-refractivity contribution is 6.34. The summed E-state index contributed by atoms with van der Waals surface area (Å²) in [5.74, 6) is -0.864. The summed E-state index contributed by atoms with van der Waals surface area (Å²) in [7, 11) is 0. The Bertz CT molecular complexity index is 1380. The number of rotatable bonds is 8. The molecule has 3 aromatic carbocycles. The largest absolute Gasteiger partial charge is 0.508 e. The van der Waals surface area contributed by atoms with Crippen molar-refractivity contribution < 1.29 is 24.2 Å². The molecule has 0 saturated carbocycles. The first kappa shape index (κ1) is 32.5. The molecule has 3 N–H and O–H groups in total. The third-order valence-corrected chi connectivity index (χ3v) is 6.73. The SMILES string of the molecule is Cc1cccc(Cl)c1NC(=O)C(c1ccccc1)N(C(=O)C(Cc1ccc(O)cc1)NC(=O)OC(C)(C)C)C(C)(C)C. The van der Waals surface area contributed by atoms with E-state index in [9.17, 15) is 19.5 Å². The van der Waals surface area contributed by atoms with Crippen LogP contribution in [0, 0.1) is 6.92 Å². The molecule has 0 fully saturated rings. The van der Waals surface area contributed by atoms with Crippen LogP contribution in [0.3, 0.4) is 0 Å². The van der Waals surface area contributed by atoms with Crippen LogP contribution in [0.4, 0.5) is 10.5 Å². The number of nitrogens with zero attached hydrogens (tertiary/aromatic N) is 1. The number of nitrogens with one attached hydrogen (secondary N) is 2. The average Bonchev–Trinajstić information content (AvgIpc) is 2.88. The van der Waals surface area contributed by atoms with Gasteiger partial charge in [-0.1, -0.05) is 66.2 Å². The number of ether oxygens (including phenoxy) is 1. The molecule has 9 heteroatoms. The first-order valence-electron chi connectivity index (χ1n) is 13.8. The second-order valence-corrected chi connectivity index (χ2v) is 12.6. The summed E-state index contributed by atoms with van der Waals surface area (Å²) in [5, 5.41) is 15.8. The van der Waals surface area contributed by atoms with Gasteiger partial charge in [-0.3, -0.25) is 9.59 Å². The number of para-hydroxylation sites is 1. The second kappa shape index (κ2) is 13.3. The van der Waals surface area contributed by atoms with Gasteiger partial charge in [0.15, 0.2) is 0 Å². The first-order valence-corrected chi connectivity index (χ1v) is 14.2. The smallest absolute Gasteiger partial charge is 0.408 e.